The Kier molecular flexibility index (Phi) is 8.58. The minimum atomic E-state index is -3.83. The zero-order chi connectivity index (χ0) is 23.7. The quantitative estimate of drug-likeness (QED) is 0.535. The van der Waals surface area contributed by atoms with Gasteiger partial charge in [0.1, 0.15) is 6.54 Å². The van der Waals surface area contributed by atoms with Crippen LogP contribution in [0.3, 0.4) is 0 Å². The first-order valence-corrected chi connectivity index (χ1v) is 12.0. The molecule has 1 saturated heterocycles. The maximum Gasteiger partial charge on any atom is 0.321 e. The molecule has 0 atom stereocenters. The van der Waals surface area contributed by atoms with Crippen molar-refractivity contribution in [3.8, 4) is 0 Å². The second kappa shape index (κ2) is 11.6. The summed E-state index contributed by atoms with van der Waals surface area (Å²) in [7, 11) is -3.83. The summed E-state index contributed by atoms with van der Waals surface area (Å²) in [5.41, 5.74) is 3.37. The molecule has 3 rings (SSSR count). The van der Waals surface area contributed by atoms with E-state index in [0.717, 1.165) is 29.7 Å². The van der Waals surface area contributed by atoms with E-state index < -0.39 is 35.1 Å². The molecule has 0 radical (unpaired) electrons. The summed E-state index contributed by atoms with van der Waals surface area (Å²) in [6, 6.07) is 14.6. The van der Waals surface area contributed by atoms with Crippen molar-refractivity contribution in [2.45, 2.75) is 6.92 Å². The number of nitrogens with zero attached hydrogens (tertiary/aromatic N) is 1. The predicted molar refractivity (Wildman–Crippen MR) is 126 cm³/mol. The predicted octanol–water partition coefficient (Wildman–Crippen LogP) is 1.90. The third-order valence-corrected chi connectivity index (χ3v) is 5.87. The van der Waals surface area contributed by atoms with Crippen LogP contribution in [0.2, 0.25) is 0 Å². The Bertz CT molecular complexity index is 1080. The summed E-state index contributed by atoms with van der Waals surface area (Å²) in [6.07, 6.45) is 1.42. The smallest absolute Gasteiger partial charge is 0.321 e. The third-order valence-electron chi connectivity index (χ3n) is 4.83. The van der Waals surface area contributed by atoms with Crippen molar-refractivity contribution in [1.29, 1.82) is 0 Å². The number of amides is 1. The Morgan fingerprint density at radius 1 is 1.06 bits per heavy atom. The van der Waals surface area contributed by atoms with Gasteiger partial charge in [-0.05, 0) is 42.8 Å². The van der Waals surface area contributed by atoms with Gasteiger partial charge in [-0.25, -0.2) is 13.1 Å². The fourth-order valence-corrected chi connectivity index (χ4v) is 3.78. The molecule has 0 spiro atoms. The number of aryl methyl sites for hydroxylation is 1. The van der Waals surface area contributed by atoms with Crippen LogP contribution < -0.4 is 14.9 Å². The third kappa shape index (κ3) is 8.33. The molecule has 1 fully saturated rings. The minimum Gasteiger partial charge on any atom is -0.455 e. The molecule has 1 aliphatic heterocycles. The van der Waals surface area contributed by atoms with Crippen molar-refractivity contribution in [1.82, 2.24) is 4.72 Å². The number of carbonyl (C=O) groups is 2. The van der Waals surface area contributed by atoms with Crippen LogP contribution in [0.5, 0.6) is 0 Å². The lowest BCUT2D eigenvalue weighted by Gasteiger charge is -2.28. The van der Waals surface area contributed by atoms with E-state index in [1.165, 1.54) is 6.08 Å². The molecule has 0 aliphatic carbocycles. The molecule has 1 heterocycles. The summed E-state index contributed by atoms with van der Waals surface area (Å²) < 4.78 is 36.3. The first kappa shape index (κ1) is 24.4. The molecule has 1 amide bonds. The molecule has 1 aliphatic rings. The number of rotatable bonds is 9. The molecule has 2 aromatic rings. The van der Waals surface area contributed by atoms with Crippen molar-refractivity contribution in [3.63, 3.8) is 0 Å². The Morgan fingerprint density at radius 2 is 1.73 bits per heavy atom. The lowest BCUT2D eigenvalue weighted by Crippen LogP contribution is -2.36. The summed E-state index contributed by atoms with van der Waals surface area (Å²) in [6.45, 7) is 3.82. The van der Waals surface area contributed by atoms with E-state index in [0.29, 0.717) is 24.5 Å². The summed E-state index contributed by atoms with van der Waals surface area (Å²) in [4.78, 5) is 26.0. The number of sulfonamides is 1. The van der Waals surface area contributed by atoms with Crippen molar-refractivity contribution in [2.75, 3.05) is 49.7 Å². The van der Waals surface area contributed by atoms with Gasteiger partial charge in [-0.1, -0.05) is 29.8 Å². The number of carbonyl (C=O) groups excluding carboxylic acids is 2. The molecule has 0 saturated carbocycles. The van der Waals surface area contributed by atoms with Gasteiger partial charge in [-0.3, -0.25) is 9.59 Å². The first-order valence-electron chi connectivity index (χ1n) is 10.4. The average molecular weight is 474 g/mol. The summed E-state index contributed by atoms with van der Waals surface area (Å²) in [5, 5.41) is 3.60. The monoisotopic (exact) mass is 473 g/mol. The van der Waals surface area contributed by atoms with Crippen LogP contribution in [0.15, 0.2) is 53.9 Å². The standard InChI is InChI=1S/C23H27N3O6S/c1-18-2-4-19(5-3-18)10-15-33(29,30)24-16-23(28)32-17-22(27)25-20-6-8-21(9-7-20)26-11-13-31-14-12-26/h2-10,15,24H,11-14,16-17H2,1H3,(H,25,27). The average Bonchev–Trinajstić information content (AvgIpc) is 2.82. The largest absolute Gasteiger partial charge is 0.455 e. The van der Waals surface area contributed by atoms with Crippen LogP contribution in [-0.4, -0.2) is 59.7 Å². The normalized spacial score (nSPS) is 14.3. The van der Waals surface area contributed by atoms with E-state index in [1.54, 1.807) is 24.3 Å². The Hall–Kier alpha value is -3.21. The lowest BCUT2D eigenvalue weighted by molar-refractivity contribution is -0.146. The maximum absolute atomic E-state index is 12.0. The molecule has 176 valence electrons. The van der Waals surface area contributed by atoms with Crippen LogP contribution in [0.4, 0.5) is 11.4 Å². The fraction of sp³-hybridized carbons (Fsp3) is 0.304. The Morgan fingerprint density at radius 3 is 2.39 bits per heavy atom. The number of nitrogens with one attached hydrogen (secondary N) is 2. The highest BCUT2D eigenvalue weighted by molar-refractivity contribution is 7.92. The summed E-state index contributed by atoms with van der Waals surface area (Å²) in [5.74, 6) is -1.38. The fourth-order valence-electron chi connectivity index (χ4n) is 3.02. The number of hydrogen-bond donors (Lipinski definition) is 2. The molecule has 0 unspecified atom stereocenters. The molecule has 0 aromatic heterocycles. The number of hydrogen-bond acceptors (Lipinski definition) is 7. The second-order valence-corrected chi connectivity index (χ2v) is 9.09. The van der Waals surface area contributed by atoms with Crippen molar-refractivity contribution in [2.24, 2.45) is 0 Å². The molecule has 10 heteroatoms. The highest BCUT2D eigenvalue weighted by atomic mass is 32.2. The second-order valence-electron chi connectivity index (χ2n) is 7.43. The van der Waals surface area contributed by atoms with E-state index in [4.69, 9.17) is 9.47 Å². The first-order chi connectivity index (χ1) is 15.8. The SMILES string of the molecule is Cc1ccc(C=CS(=O)(=O)NCC(=O)OCC(=O)Nc2ccc(N3CCOCC3)cc2)cc1. The van der Waals surface area contributed by atoms with E-state index in [1.807, 2.05) is 31.2 Å². The molecular weight excluding hydrogens is 446 g/mol. The van der Waals surface area contributed by atoms with Gasteiger partial charge >= 0.3 is 5.97 Å². The highest BCUT2D eigenvalue weighted by Crippen LogP contribution is 2.19. The molecule has 2 aromatic carbocycles. The van der Waals surface area contributed by atoms with Gasteiger partial charge in [0, 0.05) is 29.9 Å². The van der Waals surface area contributed by atoms with Crippen LogP contribution in [0.25, 0.3) is 6.08 Å². The van der Waals surface area contributed by atoms with Gasteiger partial charge in [-0.2, -0.15) is 0 Å². The van der Waals surface area contributed by atoms with E-state index in [2.05, 4.69) is 14.9 Å². The Balaban J connectivity index is 1.39. The van der Waals surface area contributed by atoms with Crippen molar-refractivity contribution in [3.05, 3.63) is 65.1 Å². The van der Waals surface area contributed by atoms with E-state index >= 15 is 0 Å². The van der Waals surface area contributed by atoms with Gasteiger partial charge in [0.25, 0.3) is 5.91 Å². The zero-order valence-electron chi connectivity index (χ0n) is 18.3. The number of ether oxygens (including phenoxy) is 2. The van der Waals surface area contributed by atoms with Gasteiger partial charge in [0.2, 0.25) is 10.0 Å². The van der Waals surface area contributed by atoms with Gasteiger partial charge in [-0.15, -0.1) is 0 Å². The molecular formula is C23H27N3O6S. The van der Waals surface area contributed by atoms with Gasteiger partial charge in [0.05, 0.1) is 13.2 Å². The van der Waals surface area contributed by atoms with Crippen LogP contribution in [-0.2, 0) is 29.1 Å². The van der Waals surface area contributed by atoms with E-state index in [-0.39, 0.29) is 0 Å². The number of anilines is 2. The molecule has 0 bridgehead atoms. The topological polar surface area (TPSA) is 114 Å². The number of esters is 1. The zero-order valence-corrected chi connectivity index (χ0v) is 19.1. The summed E-state index contributed by atoms with van der Waals surface area (Å²) >= 11 is 0. The van der Waals surface area contributed by atoms with Crippen LogP contribution >= 0.6 is 0 Å². The number of morpholine rings is 1. The van der Waals surface area contributed by atoms with Crippen LogP contribution in [0.1, 0.15) is 11.1 Å². The van der Waals surface area contributed by atoms with Crippen molar-refractivity contribution >= 4 is 39.4 Å². The maximum atomic E-state index is 12.0. The van der Waals surface area contributed by atoms with Crippen molar-refractivity contribution < 1.29 is 27.5 Å². The van der Waals surface area contributed by atoms with Gasteiger partial charge < -0.3 is 19.7 Å². The van der Waals surface area contributed by atoms with Crippen LogP contribution in [0, 0.1) is 6.92 Å². The van der Waals surface area contributed by atoms with E-state index in [9.17, 15) is 18.0 Å². The molecule has 2 N–H and O–H groups in total. The number of benzene rings is 2. The minimum absolute atomic E-state index is 0.523. The highest BCUT2D eigenvalue weighted by Gasteiger charge is 2.13. The molecule has 9 nitrogen and oxygen atoms in total. The lowest BCUT2D eigenvalue weighted by atomic mass is 10.2. The molecule has 33 heavy (non-hydrogen) atoms. The Labute approximate surface area is 193 Å². The van der Waals surface area contributed by atoms with Gasteiger partial charge in [0.15, 0.2) is 6.61 Å².